The molecule has 1 heterocycles. The summed E-state index contributed by atoms with van der Waals surface area (Å²) in [5, 5.41) is 3.37. The molecule has 1 aliphatic carbocycles. The molecule has 0 aromatic carbocycles. The summed E-state index contributed by atoms with van der Waals surface area (Å²) in [7, 11) is 0. The number of nitrogens with two attached hydrogens (primary N) is 1. The fraction of sp³-hybridized carbons (Fsp3) is 0.615. The van der Waals surface area contributed by atoms with E-state index >= 15 is 0 Å². The van der Waals surface area contributed by atoms with Gasteiger partial charge in [-0.25, -0.2) is 4.98 Å². The first-order chi connectivity index (χ1) is 7.48. The van der Waals surface area contributed by atoms with Gasteiger partial charge in [-0.15, -0.1) is 11.3 Å². The molecule has 1 aromatic heterocycles. The van der Waals surface area contributed by atoms with E-state index in [1.165, 1.54) is 16.3 Å². The van der Waals surface area contributed by atoms with Gasteiger partial charge < -0.3 is 5.73 Å². The minimum absolute atomic E-state index is 0.0123. The molecule has 0 saturated heterocycles. The highest BCUT2D eigenvalue weighted by molar-refractivity contribution is 7.10. The maximum Gasteiger partial charge on any atom is 0.119 e. The number of aromatic nitrogens is 1. The molecule has 2 N–H and O–H groups in total. The summed E-state index contributed by atoms with van der Waals surface area (Å²) in [5.41, 5.74) is 8.70. The van der Waals surface area contributed by atoms with Gasteiger partial charge in [0, 0.05) is 10.9 Å². The average Bonchev–Trinajstić information content (AvgIpc) is 2.66. The zero-order valence-electron chi connectivity index (χ0n) is 10.3. The monoisotopic (exact) mass is 236 g/mol. The molecule has 0 aliphatic heterocycles. The number of allylic oxidation sites excluding steroid dienone is 1. The molecule has 1 aromatic rings. The highest BCUT2D eigenvalue weighted by Gasteiger charge is 2.23. The molecule has 0 saturated carbocycles. The minimum Gasteiger partial charge on any atom is -0.325 e. The molecule has 2 rings (SSSR count). The van der Waals surface area contributed by atoms with E-state index in [2.05, 4.69) is 32.2 Å². The van der Waals surface area contributed by atoms with Crippen molar-refractivity contribution in [1.82, 2.24) is 4.98 Å². The summed E-state index contributed by atoms with van der Waals surface area (Å²) in [4.78, 5) is 4.69. The van der Waals surface area contributed by atoms with Crippen molar-refractivity contribution < 1.29 is 0 Å². The van der Waals surface area contributed by atoms with Gasteiger partial charge in [0.2, 0.25) is 0 Å². The fourth-order valence-electron chi connectivity index (χ4n) is 1.87. The van der Waals surface area contributed by atoms with Crippen LogP contribution < -0.4 is 5.73 Å². The molecule has 3 heteroatoms. The van der Waals surface area contributed by atoms with Crippen LogP contribution in [0.2, 0.25) is 0 Å². The predicted molar refractivity (Wildman–Crippen MR) is 70.6 cm³/mol. The van der Waals surface area contributed by atoms with Crippen molar-refractivity contribution in [3.05, 3.63) is 22.2 Å². The molecule has 0 spiro atoms. The molecular formula is C13H20N2S. The Morgan fingerprint density at radius 3 is 2.75 bits per heavy atom. The topological polar surface area (TPSA) is 38.9 Å². The Bertz CT molecular complexity index is 402. The van der Waals surface area contributed by atoms with E-state index in [1.807, 2.05) is 0 Å². The smallest absolute Gasteiger partial charge is 0.119 e. The Balaban J connectivity index is 2.16. The molecule has 1 atom stereocenters. The van der Waals surface area contributed by atoms with E-state index in [-0.39, 0.29) is 5.54 Å². The van der Waals surface area contributed by atoms with Gasteiger partial charge in [0.1, 0.15) is 5.01 Å². The Labute approximate surface area is 102 Å². The third-order valence-corrected chi connectivity index (χ3v) is 4.10. The van der Waals surface area contributed by atoms with E-state index in [1.54, 1.807) is 11.3 Å². The fourth-order valence-corrected chi connectivity index (χ4v) is 2.93. The van der Waals surface area contributed by atoms with Crippen LogP contribution in [-0.2, 0) is 0 Å². The number of hydrogen-bond donors (Lipinski definition) is 1. The molecule has 0 amide bonds. The lowest BCUT2D eigenvalue weighted by molar-refractivity contribution is 0.432. The second-order valence-electron chi connectivity index (χ2n) is 5.32. The van der Waals surface area contributed by atoms with E-state index < -0.39 is 0 Å². The third kappa shape index (κ3) is 2.53. The summed E-state index contributed by atoms with van der Waals surface area (Å²) >= 11 is 1.76. The van der Waals surface area contributed by atoms with Crippen LogP contribution >= 0.6 is 11.3 Å². The molecule has 0 radical (unpaired) electrons. The molecule has 88 valence electrons. The lowest BCUT2D eigenvalue weighted by Crippen LogP contribution is -2.36. The van der Waals surface area contributed by atoms with Crippen molar-refractivity contribution in [2.24, 2.45) is 5.73 Å². The summed E-state index contributed by atoms with van der Waals surface area (Å²) < 4.78 is 0. The molecule has 1 aliphatic rings. The van der Waals surface area contributed by atoms with Gasteiger partial charge in [0.05, 0.1) is 5.69 Å². The van der Waals surface area contributed by atoms with Crippen LogP contribution in [0, 0.1) is 0 Å². The Kier molecular flexibility index (Phi) is 3.17. The van der Waals surface area contributed by atoms with Crippen molar-refractivity contribution in [2.75, 3.05) is 0 Å². The Morgan fingerprint density at radius 2 is 2.25 bits per heavy atom. The maximum atomic E-state index is 6.11. The predicted octanol–water partition coefficient (Wildman–Crippen LogP) is 3.55. The standard InChI is InChI=1S/C13H20N2S/c1-9(2)11-8-16-12(15-11)10-4-6-13(3,14)7-5-10/h4,8-9H,5-7,14H2,1-3H3. The van der Waals surface area contributed by atoms with Crippen molar-refractivity contribution in [1.29, 1.82) is 0 Å². The van der Waals surface area contributed by atoms with Gasteiger partial charge in [0.15, 0.2) is 0 Å². The highest BCUT2D eigenvalue weighted by Crippen LogP contribution is 2.33. The first-order valence-electron chi connectivity index (χ1n) is 5.92. The number of hydrogen-bond acceptors (Lipinski definition) is 3. The quantitative estimate of drug-likeness (QED) is 0.853. The SMILES string of the molecule is CC(C)c1csc(C2=CCC(C)(N)CC2)n1. The molecule has 16 heavy (non-hydrogen) atoms. The average molecular weight is 236 g/mol. The Hall–Kier alpha value is -0.670. The third-order valence-electron chi connectivity index (χ3n) is 3.17. The van der Waals surface area contributed by atoms with Gasteiger partial charge in [-0.3, -0.25) is 0 Å². The second-order valence-corrected chi connectivity index (χ2v) is 6.18. The van der Waals surface area contributed by atoms with E-state index in [9.17, 15) is 0 Å². The zero-order chi connectivity index (χ0) is 11.8. The number of thiazole rings is 1. The zero-order valence-corrected chi connectivity index (χ0v) is 11.1. The summed E-state index contributed by atoms with van der Waals surface area (Å²) in [6, 6.07) is 0. The van der Waals surface area contributed by atoms with Gasteiger partial charge in [0.25, 0.3) is 0 Å². The van der Waals surface area contributed by atoms with Crippen LogP contribution in [0.4, 0.5) is 0 Å². The summed E-state index contributed by atoms with van der Waals surface area (Å²) in [6.45, 7) is 6.50. The minimum atomic E-state index is -0.0123. The highest BCUT2D eigenvalue weighted by atomic mass is 32.1. The van der Waals surface area contributed by atoms with Crippen LogP contribution in [0.25, 0.3) is 5.57 Å². The molecule has 0 fully saturated rings. The molecule has 2 nitrogen and oxygen atoms in total. The van der Waals surface area contributed by atoms with Crippen molar-refractivity contribution >= 4 is 16.9 Å². The first kappa shape index (κ1) is 11.8. The lowest BCUT2D eigenvalue weighted by atomic mass is 9.85. The molecule has 1 unspecified atom stereocenters. The van der Waals surface area contributed by atoms with Gasteiger partial charge in [-0.2, -0.15) is 0 Å². The molecular weight excluding hydrogens is 216 g/mol. The van der Waals surface area contributed by atoms with Gasteiger partial charge >= 0.3 is 0 Å². The normalized spacial score (nSPS) is 25.9. The second kappa shape index (κ2) is 4.30. The van der Waals surface area contributed by atoms with E-state index in [0.29, 0.717) is 5.92 Å². The Morgan fingerprint density at radius 1 is 1.50 bits per heavy atom. The van der Waals surface area contributed by atoms with Crippen molar-refractivity contribution in [2.45, 2.75) is 51.5 Å². The van der Waals surface area contributed by atoms with Gasteiger partial charge in [-0.1, -0.05) is 19.9 Å². The molecule has 0 bridgehead atoms. The van der Waals surface area contributed by atoms with E-state index in [0.717, 1.165) is 19.3 Å². The van der Waals surface area contributed by atoms with Crippen molar-refractivity contribution in [3.8, 4) is 0 Å². The van der Waals surface area contributed by atoms with Crippen LogP contribution in [0.1, 0.15) is 56.7 Å². The van der Waals surface area contributed by atoms with Crippen molar-refractivity contribution in [3.63, 3.8) is 0 Å². The van der Waals surface area contributed by atoms with Gasteiger partial charge in [-0.05, 0) is 37.7 Å². The van der Waals surface area contributed by atoms with Crippen LogP contribution in [0.3, 0.4) is 0 Å². The number of nitrogens with zero attached hydrogens (tertiary/aromatic N) is 1. The maximum absolute atomic E-state index is 6.11. The van der Waals surface area contributed by atoms with Crippen LogP contribution in [-0.4, -0.2) is 10.5 Å². The van der Waals surface area contributed by atoms with Crippen LogP contribution in [0.15, 0.2) is 11.5 Å². The first-order valence-corrected chi connectivity index (χ1v) is 6.80. The largest absolute Gasteiger partial charge is 0.325 e. The summed E-state index contributed by atoms with van der Waals surface area (Å²) in [5.74, 6) is 0.522. The lowest BCUT2D eigenvalue weighted by Gasteiger charge is -2.27. The summed E-state index contributed by atoms with van der Waals surface area (Å²) in [6.07, 6.45) is 5.37. The number of rotatable bonds is 2. The van der Waals surface area contributed by atoms with E-state index in [4.69, 9.17) is 10.7 Å². The van der Waals surface area contributed by atoms with Crippen LogP contribution in [0.5, 0.6) is 0 Å².